The molecule has 2 fully saturated rings. The summed E-state index contributed by atoms with van der Waals surface area (Å²) in [7, 11) is 0. The molecule has 1 aliphatic heterocycles. The van der Waals surface area contributed by atoms with E-state index < -0.39 is 0 Å². The highest BCUT2D eigenvalue weighted by molar-refractivity contribution is 4.88. The number of hydrogen-bond acceptors (Lipinski definition) is 3. The van der Waals surface area contributed by atoms with E-state index in [1.807, 2.05) is 0 Å². The van der Waals surface area contributed by atoms with E-state index in [0.717, 1.165) is 26.1 Å². The summed E-state index contributed by atoms with van der Waals surface area (Å²) in [6.45, 7) is 7.71. The van der Waals surface area contributed by atoms with Crippen LogP contribution in [-0.2, 0) is 0 Å². The van der Waals surface area contributed by atoms with Crippen LogP contribution in [0.15, 0.2) is 0 Å². The maximum atomic E-state index is 9.87. The van der Waals surface area contributed by atoms with E-state index in [-0.39, 0.29) is 6.10 Å². The van der Waals surface area contributed by atoms with Gasteiger partial charge in [-0.1, -0.05) is 32.6 Å². The van der Waals surface area contributed by atoms with E-state index >= 15 is 0 Å². The quantitative estimate of drug-likeness (QED) is 0.752. The molecule has 0 radical (unpaired) electrons. The zero-order chi connectivity index (χ0) is 13.6. The Balaban J connectivity index is 1.95. The third kappa shape index (κ3) is 4.73. The Hall–Kier alpha value is -0.120. The van der Waals surface area contributed by atoms with Crippen LogP contribution >= 0.6 is 0 Å². The van der Waals surface area contributed by atoms with Crippen LogP contribution in [0.3, 0.4) is 0 Å². The van der Waals surface area contributed by atoms with Gasteiger partial charge in [-0.2, -0.15) is 0 Å². The lowest BCUT2D eigenvalue weighted by Gasteiger charge is -2.40. The molecule has 112 valence electrons. The van der Waals surface area contributed by atoms with Crippen molar-refractivity contribution in [2.24, 2.45) is 5.41 Å². The minimum atomic E-state index is -0.0873. The lowest BCUT2D eigenvalue weighted by Crippen LogP contribution is -2.48. The first-order chi connectivity index (χ1) is 9.24. The van der Waals surface area contributed by atoms with E-state index in [1.54, 1.807) is 0 Å². The summed E-state index contributed by atoms with van der Waals surface area (Å²) in [6, 6.07) is 0. The van der Waals surface area contributed by atoms with Crippen LogP contribution < -0.4 is 5.32 Å². The minimum Gasteiger partial charge on any atom is -0.392 e. The summed E-state index contributed by atoms with van der Waals surface area (Å²) in [5.41, 5.74) is 0.462. The number of nitrogens with zero attached hydrogens (tertiary/aromatic N) is 1. The Morgan fingerprint density at radius 1 is 1.16 bits per heavy atom. The number of aliphatic hydroxyl groups excluding tert-OH is 1. The van der Waals surface area contributed by atoms with Crippen molar-refractivity contribution in [1.82, 2.24) is 10.2 Å². The Kier molecular flexibility index (Phi) is 6.11. The monoisotopic (exact) mass is 268 g/mol. The van der Waals surface area contributed by atoms with Crippen molar-refractivity contribution in [3.63, 3.8) is 0 Å². The van der Waals surface area contributed by atoms with Crippen molar-refractivity contribution in [3.05, 3.63) is 0 Å². The average molecular weight is 268 g/mol. The molecule has 2 aliphatic rings. The first-order valence-corrected chi connectivity index (χ1v) is 8.35. The van der Waals surface area contributed by atoms with Crippen LogP contribution in [0.1, 0.15) is 58.3 Å². The fourth-order valence-corrected chi connectivity index (χ4v) is 3.91. The number of hydrogen-bond donors (Lipinski definition) is 2. The Morgan fingerprint density at radius 2 is 1.89 bits per heavy atom. The molecule has 3 nitrogen and oxygen atoms in total. The summed E-state index contributed by atoms with van der Waals surface area (Å²) < 4.78 is 0. The summed E-state index contributed by atoms with van der Waals surface area (Å²) >= 11 is 0. The van der Waals surface area contributed by atoms with Gasteiger partial charge in [-0.3, -0.25) is 0 Å². The molecule has 0 amide bonds. The highest BCUT2D eigenvalue weighted by Crippen LogP contribution is 2.36. The molecule has 19 heavy (non-hydrogen) atoms. The van der Waals surface area contributed by atoms with Crippen molar-refractivity contribution >= 4 is 0 Å². The highest BCUT2D eigenvalue weighted by Gasteiger charge is 2.33. The average Bonchev–Trinajstić information content (AvgIpc) is 2.63. The van der Waals surface area contributed by atoms with E-state index in [0.29, 0.717) is 5.41 Å². The molecule has 0 aromatic rings. The number of rotatable bonds is 5. The zero-order valence-corrected chi connectivity index (χ0v) is 12.7. The van der Waals surface area contributed by atoms with Gasteiger partial charge in [-0.15, -0.1) is 0 Å². The second-order valence-electron chi connectivity index (χ2n) is 6.73. The number of aliphatic hydroxyl groups is 1. The Bertz CT molecular complexity index is 249. The zero-order valence-electron chi connectivity index (χ0n) is 12.7. The van der Waals surface area contributed by atoms with Crippen molar-refractivity contribution in [2.75, 3.05) is 32.7 Å². The van der Waals surface area contributed by atoms with E-state index in [9.17, 15) is 5.11 Å². The van der Waals surface area contributed by atoms with Crippen LogP contribution in [0.4, 0.5) is 0 Å². The van der Waals surface area contributed by atoms with Crippen LogP contribution in [0, 0.1) is 5.41 Å². The molecule has 0 aromatic carbocycles. The van der Waals surface area contributed by atoms with E-state index in [4.69, 9.17) is 0 Å². The first-order valence-electron chi connectivity index (χ1n) is 8.35. The smallest absolute Gasteiger partial charge is 0.0667 e. The van der Waals surface area contributed by atoms with E-state index in [1.165, 1.54) is 58.0 Å². The fourth-order valence-electron chi connectivity index (χ4n) is 3.91. The lowest BCUT2D eigenvalue weighted by molar-refractivity contribution is 0.0380. The van der Waals surface area contributed by atoms with Gasteiger partial charge in [0, 0.05) is 19.6 Å². The van der Waals surface area contributed by atoms with Crippen LogP contribution in [-0.4, -0.2) is 48.8 Å². The SMILES string of the molecule is CCNCC1(CN2CCCC(O)C2)CCCCCC1. The predicted molar refractivity (Wildman–Crippen MR) is 80.4 cm³/mol. The standard InChI is InChI=1S/C16H32N2O/c1-2-17-13-16(9-5-3-4-6-10-16)14-18-11-7-8-15(19)12-18/h15,17,19H,2-14H2,1H3. The number of β-amino-alcohol motifs (C(OH)–C–C–N with tert-alkyl or cyclic N) is 1. The summed E-state index contributed by atoms with van der Waals surface area (Å²) in [6.07, 6.45) is 10.4. The van der Waals surface area contributed by atoms with Gasteiger partial charge in [-0.05, 0) is 44.2 Å². The van der Waals surface area contributed by atoms with Crippen molar-refractivity contribution < 1.29 is 5.11 Å². The van der Waals surface area contributed by atoms with E-state index in [2.05, 4.69) is 17.1 Å². The Morgan fingerprint density at radius 3 is 2.53 bits per heavy atom. The predicted octanol–water partition coefficient (Wildman–Crippen LogP) is 2.39. The second kappa shape index (κ2) is 7.61. The number of nitrogens with one attached hydrogen (secondary N) is 1. The van der Waals surface area contributed by atoms with Gasteiger partial charge in [0.2, 0.25) is 0 Å². The summed E-state index contributed by atoms with van der Waals surface area (Å²) in [4.78, 5) is 2.52. The third-order valence-electron chi connectivity index (χ3n) is 4.95. The van der Waals surface area contributed by atoms with Crippen LogP contribution in [0.2, 0.25) is 0 Å². The first kappa shape index (κ1) is 15.3. The van der Waals surface area contributed by atoms with Gasteiger partial charge in [0.05, 0.1) is 6.10 Å². The Labute approximate surface area is 118 Å². The van der Waals surface area contributed by atoms with Crippen molar-refractivity contribution in [2.45, 2.75) is 64.4 Å². The second-order valence-corrected chi connectivity index (χ2v) is 6.73. The molecule has 1 aliphatic carbocycles. The molecule has 1 unspecified atom stereocenters. The largest absolute Gasteiger partial charge is 0.392 e. The molecule has 0 spiro atoms. The molecule has 1 saturated heterocycles. The molecular weight excluding hydrogens is 236 g/mol. The molecule has 2 N–H and O–H groups in total. The maximum absolute atomic E-state index is 9.87. The van der Waals surface area contributed by atoms with Gasteiger partial charge < -0.3 is 15.3 Å². The topological polar surface area (TPSA) is 35.5 Å². The number of piperidine rings is 1. The van der Waals surface area contributed by atoms with Crippen LogP contribution in [0.5, 0.6) is 0 Å². The van der Waals surface area contributed by atoms with Crippen LogP contribution in [0.25, 0.3) is 0 Å². The number of likely N-dealkylation sites (tertiary alicyclic amines) is 1. The maximum Gasteiger partial charge on any atom is 0.0667 e. The minimum absolute atomic E-state index is 0.0873. The molecular formula is C16H32N2O. The van der Waals surface area contributed by atoms with Gasteiger partial charge in [0.15, 0.2) is 0 Å². The molecule has 1 heterocycles. The van der Waals surface area contributed by atoms with Gasteiger partial charge in [-0.25, -0.2) is 0 Å². The van der Waals surface area contributed by atoms with Gasteiger partial charge in [0.25, 0.3) is 0 Å². The molecule has 3 heteroatoms. The summed E-state index contributed by atoms with van der Waals surface area (Å²) in [5.74, 6) is 0. The molecule has 0 bridgehead atoms. The molecule has 1 saturated carbocycles. The third-order valence-corrected chi connectivity index (χ3v) is 4.95. The van der Waals surface area contributed by atoms with Gasteiger partial charge in [0.1, 0.15) is 0 Å². The van der Waals surface area contributed by atoms with Crippen molar-refractivity contribution in [1.29, 1.82) is 0 Å². The molecule has 0 aromatic heterocycles. The van der Waals surface area contributed by atoms with Crippen molar-refractivity contribution in [3.8, 4) is 0 Å². The normalized spacial score (nSPS) is 29.1. The molecule has 1 atom stereocenters. The fraction of sp³-hybridized carbons (Fsp3) is 1.00. The van der Waals surface area contributed by atoms with Gasteiger partial charge >= 0.3 is 0 Å². The highest BCUT2D eigenvalue weighted by atomic mass is 16.3. The summed E-state index contributed by atoms with van der Waals surface area (Å²) in [5, 5.41) is 13.5. The molecule has 2 rings (SSSR count). The lowest BCUT2D eigenvalue weighted by atomic mass is 9.79.